The van der Waals surface area contributed by atoms with Gasteiger partial charge in [0.15, 0.2) is 5.90 Å². The minimum atomic E-state index is -0.859. The molecule has 4 atom stereocenters. The summed E-state index contributed by atoms with van der Waals surface area (Å²) in [6, 6.07) is -0.339. The zero-order valence-corrected chi connectivity index (χ0v) is 8.77. The fourth-order valence-corrected chi connectivity index (χ4v) is 1.79. The van der Waals surface area contributed by atoms with E-state index in [0.717, 1.165) is 6.42 Å². The van der Waals surface area contributed by atoms with Gasteiger partial charge in [0, 0.05) is 0 Å². The van der Waals surface area contributed by atoms with Crippen LogP contribution >= 0.6 is 0 Å². The van der Waals surface area contributed by atoms with Gasteiger partial charge in [0.2, 0.25) is 0 Å². The summed E-state index contributed by atoms with van der Waals surface area (Å²) in [5.41, 5.74) is 0. The molecule has 4 nitrogen and oxygen atoms in total. The van der Waals surface area contributed by atoms with Gasteiger partial charge in [-0.1, -0.05) is 20.3 Å². The van der Waals surface area contributed by atoms with Crippen molar-refractivity contribution >= 4 is 49.4 Å². The van der Waals surface area contributed by atoms with Gasteiger partial charge in [-0.05, 0) is 12.8 Å². The number of rotatable bonds is 3. The molecule has 0 spiro atoms. The monoisotopic (exact) mass is 241 g/mol. The number of aliphatic hydroxyl groups excluding tert-OH is 2. The van der Waals surface area contributed by atoms with Crippen molar-refractivity contribution in [2.75, 3.05) is 0 Å². The average Bonchev–Trinajstić information content (AvgIpc) is 2.40. The van der Waals surface area contributed by atoms with Crippen molar-refractivity contribution in [2.24, 2.45) is 16.8 Å². The molecule has 0 fully saturated rings. The predicted octanol–water partition coefficient (Wildman–Crippen LogP) is 0.0211. The molecule has 0 radical (unpaired) electrons. The molecule has 0 aliphatic carbocycles. The van der Waals surface area contributed by atoms with Crippen molar-refractivity contribution < 1.29 is 15.0 Å². The Kier molecular flexibility index (Phi) is 6.33. The fraction of sp³-hybridized carbons (Fsp3) is 0.800. The molecular formula is C10H19CaNO3. The molecular weight excluding hydrogens is 222 g/mol. The summed E-state index contributed by atoms with van der Waals surface area (Å²) in [7, 11) is 0. The molecule has 1 aliphatic rings. The summed E-state index contributed by atoms with van der Waals surface area (Å²) < 4.78 is 0. The van der Waals surface area contributed by atoms with E-state index in [0.29, 0.717) is 0 Å². The number of aliphatic hydroxyl groups is 2. The van der Waals surface area contributed by atoms with E-state index in [9.17, 15) is 15.0 Å². The van der Waals surface area contributed by atoms with Gasteiger partial charge in [-0.3, -0.25) is 4.79 Å². The number of ketones is 1. The third-order valence-corrected chi connectivity index (χ3v) is 2.92. The average molecular weight is 241 g/mol. The van der Waals surface area contributed by atoms with E-state index in [1.807, 2.05) is 13.8 Å². The van der Waals surface area contributed by atoms with E-state index in [-0.39, 0.29) is 61.4 Å². The molecule has 0 saturated heterocycles. The Morgan fingerprint density at radius 2 is 2.13 bits per heavy atom. The Balaban J connectivity index is 0.00000196. The molecule has 1 heterocycles. The van der Waals surface area contributed by atoms with Crippen molar-refractivity contribution in [2.45, 2.75) is 39.3 Å². The maximum absolute atomic E-state index is 11.1. The Labute approximate surface area is 120 Å². The van der Waals surface area contributed by atoms with Crippen LogP contribution in [0, 0.1) is 11.8 Å². The maximum atomic E-state index is 11.1. The SMILES string of the molecule is CCC(C)C1N=C(O)C(C(C)=O)C1O.[CaH2]. The van der Waals surface area contributed by atoms with E-state index in [2.05, 4.69) is 4.99 Å². The first-order valence-electron chi connectivity index (χ1n) is 4.94. The quantitative estimate of drug-likeness (QED) is 0.684. The van der Waals surface area contributed by atoms with E-state index in [1.165, 1.54) is 6.92 Å². The van der Waals surface area contributed by atoms with Gasteiger partial charge in [-0.15, -0.1) is 0 Å². The number of carbonyl (C=O) groups is 1. The third-order valence-electron chi connectivity index (χ3n) is 2.92. The van der Waals surface area contributed by atoms with Crippen LogP contribution in [0.25, 0.3) is 0 Å². The molecule has 84 valence electrons. The summed E-state index contributed by atoms with van der Waals surface area (Å²) in [5, 5.41) is 19.2. The summed E-state index contributed by atoms with van der Waals surface area (Å²) in [6.45, 7) is 5.30. The molecule has 0 aromatic heterocycles. The Morgan fingerprint density at radius 3 is 2.47 bits per heavy atom. The Morgan fingerprint density at radius 1 is 1.60 bits per heavy atom. The van der Waals surface area contributed by atoms with Gasteiger partial charge in [-0.25, -0.2) is 4.99 Å². The van der Waals surface area contributed by atoms with Gasteiger partial charge in [0.05, 0.1) is 12.1 Å². The molecule has 5 heteroatoms. The van der Waals surface area contributed by atoms with Crippen LogP contribution in [0.2, 0.25) is 0 Å². The topological polar surface area (TPSA) is 69.9 Å². The standard InChI is InChI=1S/C10H17NO3.Ca.2H/c1-4-5(2)8-9(13)7(6(3)12)10(14)11-8;;;/h5,7-9,13H,4H2,1-3H3,(H,11,14);;;. The summed E-state index contributed by atoms with van der Waals surface area (Å²) >= 11 is 0. The summed E-state index contributed by atoms with van der Waals surface area (Å²) in [6.07, 6.45) is 0.00538. The first-order chi connectivity index (χ1) is 6.49. The van der Waals surface area contributed by atoms with Crippen molar-refractivity contribution in [1.82, 2.24) is 0 Å². The number of hydrogen-bond acceptors (Lipinski definition) is 3. The summed E-state index contributed by atoms with van der Waals surface area (Å²) in [4.78, 5) is 15.1. The number of aliphatic imine (C=N–C) groups is 1. The van der Waals surface area contributed by atoms with Crippen molar-refractivity contribution in [3.8, 4) is 0 Å². The van der Waals surface area contributed by atoms with Crippen LogP contribution in [0.4, 0.5) is 0 Å². The number of hydrogen-bond donors (Lipinski definition) is 2. The minimum absolute atomic E-state index is 0. The fourth-order valence-electron chi connectivity index (χ4n) is 1.79. The second kappa shape index (κ2) is 6.18. The zero-order valence-electron chi connectivity index (χ0n) is 8.77. The van der Waals surface area contributed by atoms with Crippen LogP contribution in [-0.2, 0) is 4.79 Å². The van der Waals surface area contributed by atoms with Gasteiger partial charge in [0.25, 0.3) is 0 Å². The molecule has 1 aliphatic heterocycles. The first kappa shape index (κ1) is 15.4. The van der Waals surface area contributed by atoms with Crippen molar-refractivity contribution in [3.05, 3.63) is 0 Å². The third kappa shape index (κ3) is 3.16. The Hall–Kier alpha value is 0.360. The second-order valence-corrected chi connectivity index (χ2v) is 3.94. The Bertz CT molecular complexity index is 267. The van der Waals surface area contributed by atoms with E-state index < -0.39 is 12.0 Å². The number of carbonyl (C=O) groups excluding carboxylic acids is 1. The van der Waals surface area contributed by atoms with E-state index in [1.54, 1.807) is 0 Å². The first-order valence-corrected chi connectivity index (χ1v) is 4.94. The van der Waals surface area contributed by atoms with Gasteiger partial charge in [-0.2, -0.15) is 0 Å². The van der Waals surface area contributed by atoms with Crippen LogP contribution in [0.5, 0.6) is 0 Å². The molecule has 0 amide bonds. The van der Waals surface area contributed by atoms with Crippen LogP contribution in [-0.4, -0.2) is 71.8 Å². The zero-order chi connectivity index (χ0) is 10.9. The molecule has 0 aromatic carbocycles. The van der Waals surface area contributed by atoms with Gasteiger partial charge in [0.1, 0.15) is 11.7 Å². The van der Waals surface area contributed by atoms with E-state index in [4.69, 9.17) is 0 Å². The van der Waals surface area contributed by atoms with Crippen molar-refractivity contribution in [3.63, 3.8) is 0 Å². The predicted molar refractivity (Wildman–Crippen MR) is 62.0 cm³/mol. The number of Topliss-reactive ketones (excluding diaryl/α,β-unsaturated/α-hetero) is 1. The normalized spacial score (nSPS) is 31.7. The van der Waals surface area contributed by atoms with E-state index >= 15 is 0 Å². The van der Waals surface area contributed by atoms with Gasteiger partial charge < -0.3 is 10.2 Å². The van der Waals surface area contributed by atoms with Crippen LogP contribution in [0.3, 0.4) is 0 Å². The second-order valence-electron chi connectivity index (χ2n) is 3.94. The molecule has 15 heavy (non-hydrogen) atoms. The van der Waals surface area contributed by atoms with Gasteiger partial charge >= 0.3 is 37.7 Å². The molecule has 2 N–H and O–H groups in total. The van der Waals surface area contributed by atoms with Crippen LogP contribution in [0.1, 0.15) is 27.2 Å². The molecule has 0 aromatic rings. The molecule has 4 unspecified atom stereocenters. The van der Waals surface area contributed by atoms with Crippen LogP contribution < -0.4 is 0 Å². The molecule has 1 rings (SSSR count). The van der Waals surface area contributed by atoms with Crippen molar-refractivity contribution in [1.29, 1.82) is 0 Å². The summed E-state index contributed by atoms with van der Waals surface area (Å²) in [5.74, 6) is -1.08. The molecule has 0 saturated carbocycles. The molecule has 0 bridgehead atoms. The number of nitrogens with zero attached hydrogens (tertiary/aromatic N) is 1. The van der Waals surface area contributed by atoms with Crippen LogP contribution in [0.15, 0.2) is 4.99 Å².